The van der Waals surface area contributed by atoms with Crippen LogP contribution in [0.15, 0.2) is 58.4 Å². The Morgan fingerprint density at radius 1 is 1.00 bits per heavy atom. The van der Waals surface area contributed by atoms with Gasteiger partial charge < -0.3 is 9.80 Å². The fraction of sp³-hybridized carbons (Fsp3) is 0.250. The molecule has 7 heteroatoms. The number of rotatable bonds is 4. The summed E-state index contributed by atoms with van der Waals surface area (Å²) >= 11 is 5.08. The Kier molecular flexibility index (Phi) is 5.50. The van der Waals surface area contributed by atoms with Gasteiger partial charge in [0.2, 0.25) is 5.91 Å². The fourth-order valence-electron chi connectivity index (χ4n) is 3.12. The van der Waals surface area contributed by atoms with Crippen LogP contribution in [-0.4, -0.2) is 47.2 Å². The predicted octanol–water partition coefficient (Wildman–Crippen LogP) is 3.86. The zero-order chi connectivity index (χ0) is 18.6. The number of hydrogen-bond acceptors (Lipinski definition) is 5. The molecule has 1 fully saturated rings. The Balaban J connectivity index is 1.33. The fourth-order valence-corrected chi connectivity index (χ4v) is 4.08. The van der Waals surface area contributed by atoms with Gasteiger partial charge in [0.05, 0.1) is 11.3 Å². The maximum absolute atomic E-state index is 12.5. The molecular weight excluding hydrogens is 424 g/mol. The first kappa shape index (κ1) is 18.1. The van der Waals surface area contributed by atoms with Gasteiger partial charge in [0.1, 0.15) is 5.69 Å². The minimum atomic E-state index is 0.177. The van der Waals surface area contributed by atoms with Gasteiger partial charge in [-0.25, -0.2) is 0 Å². The summed E-state index contributed by atoms with van der Waals surface area (Å²) in [6, 6.07) is 16.0. The van der Waals surface area contributed by atoms with Crippen molar-refractivity contribution in [2.24, 2.45) is 0 Å². The molecule has 0 N–H and O–H groups in total. The number of amides is 1. The van der Waals surface area contributed by atoms with Crippen molar-refractivity contribution in [2.45, 2.75) is 6.42 Å². The molecule has 4 rings (SSSR count). The van der Waals surface area contributed by atoms with E-state index < -0.39 is 0 Å². The summed E-state index contributed by atoms with van der Waals surface area (Å²) in [6.07, 6.45) is 0.447. The third-order valence-electron chi connectivity index (χ3n) is 4.65. The van der Waals surface area contributed by atoms with E-state index in [1.54, 1.807) is 11.3 Å². The molecule has 1 amide bonds. The maximum Gasteiger partial charge on any atom is 0.227 e. The number of halogens is 1. The van der Waals surface area contributed by atoms with E-state index in [0.29, 0.717) is 19.5 Å². The largest absolute Gasteiger partial charge is 0.352 e. The second kappa shape index (κ2) is 8.19. The molecular formula is C20H19BrN4OS. The van der Waals surface area contributed by atoms with Gasteiger partial charge in [0, 0.05) is 30.7 Å². The van der Waals surface area contributed by atoms with E-state index in [0.717, 1.165) is 39.5 Å². The van der Waals surface area contributed by atoms with Crippen molar-refractivity contribution in [3.05, 3.63) is 63.9 Å². The minimum Gasteiger partial charge on any atom is -0.352 e. The zero-order valence-corrected chi connectivity index (χ0v) is 17.1. The first-order valence-corrected chi connectivity index (χ1v) is 10.5. The van der Waals surface area contributed by atoms with Crippen molar-refractivity contribution in [1.29, 1.82) is 0 Å². The van der Waals surface area contributed by atoms with Gasteiger partial charge in [0.25, 0.3) is 0 Å². The number of hydrogen-bond donors (Lipinski definition) is 0. The number of aromatic nitrogens is 2. The van der Waals surface area contributed by atoms with E-state index in [-0.39, 0.29) is 5.91 Å². The van der Waals surface area contributed by atoms with Crippen LogP contribution in [0.4, 0.5) is 5.82 Å². The van der Waals surface area contributed by atoms with Crippen LogP contribution in [0.2, 0.25) is 0 Å². The Hall–Kier alpha value is -2.25. The number of anilines is 1. The van der Waals surface area contributed by atoms with Crippen molar-refractivity contribution in [1.82, 2.24) is 15.1 Å². The van der Waals surface area contributed by atoms with Gasteiger partial charge in [-0.05, 0) is 41.3 Å². The summed E-state index contributed by atoms with van der Waals surface area (Å²) in [5, 5.41) is 10.8. The Morgan fingerprint density at radius 3 is 2.41 bits per heavy atom. The molecule has 0 spiro atoms. The number of carbonyl (C=O) groups excluding carboxylic acids is 1. The van der Waals surface area contributed by atoms with Gasteiger partial charge in [0.15, 0.2) is 5.82 Å². The maximum atomic E-state index is 12.5. The number of carbonyl (C=O) groups is 1. The molecule has 1 aliphatic rings. The van der Waals surface area contributed by atoms with Crippen LogP contribution in [-0.2, 0) is 11.2 Å². The van der Waals surface area contributed by atoms with E-state index in [1.807, 2.05) is 58.8 Å². The smallest absolute Gasteiger partial charge is 0.227 e. The van der Waals surface area contributed by atoms with Crippen molar-refractivity contribution in [3.63, 3.8) is 0 Å². The highest BCUT2D eigenvalue weighted by molar-refractivity contribution is 9.10. The number of piperazine rings is 1. The molecule has 2 aromatic heterocycles. The van der Waals surface area contributed by atoms with Crippen molar-refractivity contribution >= 4 is 39.0 Å². The van der Waals surface area contributed by atoms with Crippen molar-refractivity contribution < 1.29 is 4.79 Å². The van der Waals surface area contributed by atoms with E-state index in [9.17, 15) is 4.79 Å². The van der Waals surface area contributed by atoms with E-state index in [2.05, 4.69) is 31.0 Å². The molecule has 0 radical (unpaired) electrons. The highest BCUT2D eigenvalue weighted by Gasteiger charge is 2.22. The average molecular weight is 443 g/mol. The van der Waals surface area contributed by atoms with E-state index >= 15 is 0 Å². The average Bonchev–Trinajstić information content (AvgIpc) is 3.25. The summed E-state index contributed by atoms with van der Waals surface area (Å²) in [4.78, 5) is 17.8. The normalized spacial score (nSPS) is 14.4. The lowest BCUT2D eigenvalue weighted by atomic mass is 10.1. The summed E-state index contributed by atoms with van der Waals surface area (Å²) in [5.74, 6) is 1.05. The van der Waals surface area contributed by atoms with Gasteiger partial charge in [-0.15, -0.1) is 21.5 Å². The minimum absolute atomic E-state index is 0.177. The molecule has 0 saturated carbocycles. The quantitative estimate of drug-likeness (QED) is 0.615. The molecule has 1 aromatic carbocycles. The van der Waals surface area contributed by atoms with E-state index in [4.69, 9.17) is 0 Å². The van der Waals surface area contributed by atoms with Crippen LogP contribution < -0.4 is 4.90 Å². The number of nitrogens with zero attached hydrogens (tertiary/aromatic N) is 4. The standard InChI is InChI=1S/C20H19BrN4OS/c21-16-5-3-15(4-6-16)14-20(26)25-11-9-24(10-12-25)19-8-7-17(22-23-19)18-2-1-13-27-18/h1-8,13H,9-12,14H2. The summed E-state index contributed by atoms with van der Waals surface area (Å²) < 4.78 is 1.03. The Bertz CT molecular complexity index is 889. The third kappa shape index (κ3) is 4.36. The highest BCUT2D eigenvalue weighted by atomic mass is 79.9. The van der Waals surface area contributed by atoms with Crippen LogP contribution in [0.1, 0.15) is 5.56 Å². The Morgan fingerprint density at radius 2 is 1.78 bits per heavy atom. The second-order valence-corrected chi connectivity index (χ2v) is 8.29. The lowest BCUT2D eigenvalue weighted by Gasteiger charge is -2.35. The van der Waals surface area contributed by atoms with Crippen molar-refractivity contribution in [3.8, 4) is 10.6 Å². The van der Waals surface area contributed by atoms with Crippen LogP contribution in [0.3, 0.4) is 0 Å². The number of benzene rings is 1. The van der Waals surface area contributed by atoms with Gasteiger partial charge in [-0.2, -0.15) is 0 Å². The molecule has 0 aliphatic carbocycles. The van der Waals surface area contributed by atoms with Gasteiger partial charge in [-0.1, -0.05) is 34.1 Å². The summed E-state index contributed by atoms with van der Waals surface area (Å²) in [7, 11) is 0. The predicted molar refractivity (Wildman–Crippen MR) is 112 cm³/mol. The van der Waals surface area contributed by atoms with Gasteiger partial charge in [-0.3, -0.25) is 4.79 Å². The molecule has 5 nitrogen and oxygen atoms in total. The van der Waals surface area contributed by atoms with Crippen LogP contribution in [0.25, 0.3) is 10.6 Å². The molecule has 0 unspecified atom stereocenters. The summed E-state index contributed by atoms with van der Waals surface area (Å²) in [5.41, 5.74) is 1.94. The number of thiophene rings is 1. The van der Waals surface area contributed by atoms with Crippen LogP contribution >= 0.6 is 27.3 Å². The molecule has 0 atom stereocenters. The first-order chi connectivity index (χ1) is 13.2. The molecule has 27 heavy (non-hydrogen) atoms. The lowest BCUT2D eigenvalue weighted by Crippen LogP contribution is -2.49. The van der Waals surface area contributed by atoms with Crippen molar-refractivity contribution in [2.75, 3.05) is 31.1 Å². The lowest BCUT2D eigenvalue weighted by molar-refractivity contribution is -0.130. The highest BCUT2D eigenvalue weighted by Crippen LogP contribution is 2.23. The van der Waals surface area contributed by atoms with Crippen LogP contribution in [0.5, 0.6) is 0 Å². The van der Waals surface area contributed by atoms with Gasteiger partial charge >= 0.3 is 0 Å². The zero-order valence-electron chi connectivity index (χ0n) is 14.7. The van der Waals surface area contributed by atoms with E-state index in [1.165, 1.54) is 0 Å². The summed E-state index contributed by atoms with van der Waals surface area (Å²) in [6.45, 7) is 2.98. The Labute approximate surface area is 170 Å². The first-order valence-electron chi connectivity index (χ1n) is 8.84. The SMILES string of the molecule is O=C(Cc1ccc(Br)cc1)N1CCN(c2ccc(-c3cccs3)nn2)CC1. The molecule has 1 aliphatic heterocycles. The van der Waals surface area contributed by atoms with Crippen LogP contribution in [0, 0.1) is 0 Å². The second-order valence-electron chi connectivity index (χ2n) is 6.43. The molecule has 3 aromatic rings. The molecule has 1 saturated heterocycles. The molecule has 3 heterocycles. The molecule has 138 valence electrons. The molecule has 0 bridgehead atoms. The monoisotopic (exact) mass is 442 g/mol. The topological polar surface area (TPSA) is 49.3 Å². The third-order valence-corrected chi connectivity index (χ3v) is 6.07.